The Labute approximate surface area is 99.2 Å². The third kappa shape index (κ3) is 2.55. The average molecular weight is 238 g/mol. The lowest BCUT2D eigenvalue weighted by molar-refractivity contribution is 0.0742. The van der Waals surface area contributed by atoms with Crippen molar-refractivity contribution in [1.29, 1.82) is 0 Å². The number of nitrogens with zero attached hydrogens (tertiary/aromatic N) is 1. The summed E-state index contributed by atoms with van der Waals surface area (Å²) < 4.78 is 18.5. The third-order valence-corrected chi connectivity index (χ3v) is 2.79. The summed E-state index contributed by atoms with van der Waals surface area (Å²) in [6.07, 6.45) is 0.793. The highest BCUT2D eigenvalue weighted by molar-refractivity contribution is 5.99. The number of benzene rings is 1. The van der Waals surface area contributed by atoms with Crippen LogP contribution in [-0.4, -0.2) is 37.1 Å². The molecule has 0 saturated carbocycles. The monoisotopic (exact) mass is 238 g/mol. The zero-order chi connectivity index (χ0) is 12.3. The first-order chi connectivity index (χ1) is 8.20. The number of nitrogen functional groups attached to an aromatic ring is 1. The van der Waals surface area contributed by atoms with Crippen molar-refractivity contribution in [2.24, 2.45) is 0 Å². The second kappa shape index (κ2) is 5.14. The van der Waals surface area contributed by atoms with Gasteiger partial charge < -0.3 is 15.4 Å². The number of halogens is 1. The predicted molar refractivity (Wildman–Crippen MR) is 62.2 cm³/mol. The van der Waals surface area contributed by atoms with Crippen LogP contribution in [0.4, 0.5) is 10.1 Å². The second-order valence-electron chi connectivity index (χ2n) is 3.96. The molecule has 4 nitrogen and oxygen atoms in total. The minimum atomic E-state index is -0.554. The maximum Gasteiger partial charge on any atom is 0.256 e. The maximum atomic E-state index is 13.3. The molecule has 1 aromatic carbocycles. The van der Waals surface area contributed by atoms with Crippen molar-refractivity contribution in [3.05, 3.63) is 29.6 Å². The molecule has 1 aromatic rings. The van der Waals surface area contributed by atoms with Gasteiger partial charge in [-0.2, -0.15) is 0 Å². The Balaban J connectivity index is 2.20. The SMILES string of the molecule is Nc1c(F)cccc1C(=O)N1CCCOCC1. The van der Waals surface area contributed by atoms with Crippen LogP contribution in [0.2, 0.25) is 0 Å². The van der Waals surface area contributed by atoms with Crippen LogP contribution in [0, 0.1) is 5.82 Å². The highest BCUT2D eigenvalue weighted by Gasteiger charge is 2.20. The van der Waals surface area contributed by atoms with E-state index in [0.29, 0.717) is 26.3 Å². The summed E-state index contributed by atoms with van der Waals surface area (Å²) in [5.74, 6) is -0.783. The van der Waals surface area contributed by atoms with Gasteiger partial charge in [-0.3, -0.25) is 4.79 Å². The Morgan fingerprint density at radius 2 is 2.18 bits per heavy atom. The van der Waals surface area contributed by atoms with Gasteiger partial charge in [0.05, 0.1) is 17.9 Å². The van der Waals surface area contributed by atoms with E-state index in [-0.39, 0.29) is 17.2 Å². The summed E-state index contributed by atoms with van der Waals surface area (Å²) in [6.45, 7) is 2.31. The number of rotatable bonds is 1. The molecule has 1 heterocycles. The molecule has 1 aliphatic heterocycles. The molecular formula is C12H15FN2O2. The molecule has 0 aromatic heterocycles. The molecule has 92 valence electrons. The molecule has 0 bridgehead atoms. The molecule has 1 aliphatic rings. The zero-order valence-electron chi connectivity index (χ0n) is 9.49. The van der Waals surface area contributed by atoms with Crippen molar-refractivity contribution in [2.45, 2.75) is 6.42 Å². The first kappa shape index (κ1) is 11.9. The van der Waals surface area contributed by atoms with Crippen molar-refractivity contribution < 1.29 is 13.9 Å². The number of nitrogens with two attached hydrogens (primary N) is 1. The number of para-hydroxylation sites is 1. The van der Waals surface area contributed by atoms with Gasteiger partial charge in [-0.25, -0.2) is 4.39 Å². The van der Waals surface area contributed by atoms with Crippen LogP contribution in [-0.2, 0) is 4.74 Å². The second-order valence-corrected chi connectivity index (χ2v) is 3.96. The van der Waals surface area contributed by atoms with E-state index in [1.165, 1.54) is 12.1 Å². The van der Waals surface area contributed by atoms with Crippen LogP contribution in [0.1, 0.15) is 16.8 Å². The van der Waals surface area contributed by atoms with E-state index < -0.39 is 5.82 Å². The fourth-order valence-electron chi connectivity index (χ4n) is 1.84. The normalized spacial score (nSPS) is 16.6. The Morgan fingerprint density at radius 1 is 1.35 bits per heavy atom. The molecule has 0 spiro atoms. The fourth-order valence-corrected chi connectivity index (χ4v) is 1.84. The maximum absolute atomic E-state index is 13.3. The Kier molecular flexibility index (Phi) is 3.58. The highest BCUT2D eigenvalue weighted by atomic mass is 19.1. The molecule has 1 saturated heterocycles. The standard InChI is InChI=1S/C12H15FN2O2/c13-10-4-1-3-9(11(10)14)12(16)15-5-2-7-17-8-6-15/h1,3-4H,2,5-8,14H2. The van der Waals surface area contributed by atoms with Crippen molar-refractivity contribution in [2.75, 3.05) is 32.0 Å². The molecule has 17 heavy (non-hydrogen) atoms. The van der Waals surface area contributed by atoms with Crippen molar-refractivity contribution in [1.82, 2.24) is 4.90 Å². The molecule has 5 heteroatoms. The third-order valence-electron chi connectivity index (χ3n) is 2.79. The van der Waals surface area contributed by atoms with Gasteiger partial charge >= 0.3 is 0 Å². The van der Waals surface area contributed by atoms with Gasteiger partial charge in [0.1, 0.15) is 5.82 Å². The lowest BCUT2D eigenvalue weighted by Gasteiger charge is -2.20. The van der Waals surface area contributed by atoms with Gasteiger partial charge in [-0.15, -0.1) is 0 Å². The summed E-state index contributed by atoms with van der Waals surface area (Å²) in [5, 5.41) is 0. The van der Waals surface area contributed by atoms with Gasteiger partial charge in [0.2, 0.25) is 0 Å². The van der Waals surface area contributed by atoms with Crippen molar-refractivity contribution >= 4 is 11.6 Å². The van der Waals surface area contributed by atoms with Crippen LogP contribution in [0.15, 0.2) is 18.2 Å². The Morgan fingerprint density at radius 3 is 3.00 bits per heavy atom. The lowest BCUT2D eigenvalue weighted by atomic mass is 10.1. The fraction of sp³-hybridized carbons (Fsp3) is 0.417. The number of hydrogen-bond donors (Lipinski definition) is 1. The first-order valence-electron chi connectivity index (χ1n) is 5.61. The van der Waals surface area contributed by atoms with Crippen molar-refractivity contribution in [3.63, 3.8) is 0 Å². The van der Waals surface area contributed by atoms with E-state index in [0.717, 1.165) is 6.42 Å². The van der Waals surface area contributed by atoms with E-state index >= 15 is 0 Å². The first-order valence-corrected chi connectivity index (χ1v) is 5.61. The number of carbonyl (C=O) groups is 1. The average Bonchev–Trinajstić information content (AvgIpc) is 2.60. The minimum Gasteiger partial charge on any atom is -0.396 e. The molecule has 1 amide bonds. The minimum absolute atomic E-state index is 0.0809. The van der Waals surface area contributed by atoms with Crippen LogP contribution in [0.25, 0.3) is 0 Å². The molecular weight excluding hydrogens is 223 g/mol. The largest absolute Gasteiger partial charge is 0.396 e. The van der Waals surface area contributed by atoms with Gasteiger partial charge in [0.25, 0.3) is 5.91 Å². The molecule has 0 unspecified atom stereocenters. The van der Waals surface area contributed by atoms with Crippen LogP contribution in [0.3, 0.4) is 0 Å². The number of carbonyl (C=O) groups excluding carboxylic acids is 1. The summed E-state index contributed by atoms with van der Waals surface area (Å²) >= 11 is 0. The molecule has 2 N–H and O–H groups in total. The number of ether oxygens (including phenoxy) is 1. The van der Waals surface area contributed by atoms with E-state index in [1.54, 1.807) is 11.0 Å². The number of amides is 1. The predicted octanol–water partition coefficient (Wildman–Crippen LogP) is 1.27. The Hall–Kier alpha value is -1.62. The summed E-state index contributed by atoms with van der Waals surface area (Å²) in [5.41, 5.74) is 5.72. The molecule has 2 rings (SSSR count). The molecule has 0 atom stereocenters. The highest BCUT2D eigenvalue weighted by Crippen LogP contribution is 2.18. The van der Waals surface area contributed by atoms with Gasteiger partial charge in [0.15, 0.2) is 0 Å². The van der Waals surface area contributed by atoms with Gasteiger partial charge in [0, 0.05) is 19.7 Å². The topological polar surface area (TPSA) is 55.6 Å². The smallest absolute Gasteiger partial charge is 0.256 e. The van der Waals surface area contributed by atoms with E-state index in [4.69, 9.17) is 10.5 Å². The van der Waals surface area contributed by atoms with Gasteiger partial charge in [-0.1, -0.05) is 6.07 Å². The zero-order valence-corrected chi connectivity index (χ0v) is 9.49. The van der Waals surface area contributed by atoms with E-state index in [9.17, 15) is 9.18 Å². The quantitative estimate of drug-likeness (QED) is 0.750. The van der Waals surface area contributed by atoms with Crippen LogP contribution in [0.5, 0.6) is 0 Å². The van der Waals surface area contributed by atoms with E-state index in [1.807, 2.05) is 0 Å². The lowest BCUT2D eigenvalue weighted by Crippen LogP contribution is -2.33. The Bertz CT molecular complexity index is 415. The summed E-state index contributed by atoms with van der Waals surface area (Å²) in [6, 6.07) is 4.29. The number of anilines is 1. The molecule has 0 radical (unpaired) electrons. The van der Waals surface area contributed by atoms with Gasteiger partial charge in [-0.05, 0) is 18.6 Å². The molecule has 1 fully saturated rings. The summed E-state index contributed by atoms with van der Waals surface area (Å²) in [4.78, 5) is 13.8. The van der Waals surface area contributed by atoms with Crippen LogP contribution < -0.4 is 5.73 Å². The molecule has 0 aliphatic carbocycles. The summed E-state index contributed by atoms with van der Waals surface area (Å²) in [7, 11) is 0. The van der Waals surface area contributed by atoms with Crippen molar-refractivity contribution in [3.8, 4) is 0 Å². The van der Waals surface area contributed by atoms with Crippen LogP contribution >= 0.6 is 0 Å². The van der Waals surface area contributed by atoms with E-state index in [2.05, 4.69) is 0 Å². The number of hydrogen-bond acceptors (Lipinski definition) is 3.